The number of sulfonamides is 1. The van der Waals surface area contributed by atoms with Crippen LogP contribution in [0.2, 0.25) is 0 Å². The maximum atomic E-state index is 14.4. The van der Waals surface area contributed by atoms with Gasteiger partial charge in [-0.3, -0.25) is 24.0 Å². The van der Waals surface area contributed by atoms with Gasteiger partial charge in [0, 0.05) is 35.4 Å². The van der Waals surface area contributed by atoms with Crippen LogP contribution in [-0.4, -0.2) is 86.5 Å². The van der Waals surface area contributed by atoms with Crippen LogP contribution in [0, 0.1) is 17.8 Å². The van der Waals surface area contributed by atoms with Crippen molar-refractivity contribution in [2.75, 3.05) is 13.4 Å². The van der Waals surface area contributed by atoms with Gasteiger partial charge in [-0.1, -0.05) is 82.1 Å². The number of ketones is 1. The number of hydrogen-bond acceptors (Lipinski definition) is 9. The first-order valence-corrected chi connectivity index (χ1v) is 23.4. The molecule has 13 nitrogen and oxygen atoms in total. The molecule has 5 atom stereocenters. The van der Waals surface area contributed by atoms with Gasteiger partial charge in [0.2, 0.25) is 11.8 Å². The Labute approximate surface area is 375 Å². The molecule has 0 spiro atoms. The van der Waals surface area contributed by atoms with Crippen molar-refractivity contribution in [3.05, 3.63) is 64.7 Å². The maximum absolute atomic E-state index is 14.4. The summed E-state index contributed by atoms with van der Waals surface area (Å²) in [4.78, 5) is 68.1. The molecule has 1 saturated heterocycles. The van der Waals surface area contributed by atoms with Crippen molar-refractivity contribution >= 4 is 45.5 Å². The third-order valence-corrected chi connectivity index (χ3v) is 13.1. The molecule has 2 fully saturated rings. The summed E-state index contributed by atoms with van der Waals surface area (Å²) in [6, 6.07) is 3.95. The summed E-state index contributed by atoms with van der Waals surface area (Å²) >= 11 is 0. The highest BCUT2D eigenvalue weighted by Gasteiger charge is 2.51. The fraction of sp³-hybridized carbons (Fsp3) is 0.596. The molecule has 1 saturated carbocycles. The zero-order chi connectivity index (χ0) is 48.1. The molecule has 2 aromatic rings. The van der Waals surface area contributed by atoms with Crippen LogP contribution in [0.25, 0.3) is 6.08 Å². The molecule has 1 aliphatic carbocycles. The average molecular weight is 919 g/mol. The summed E-state index contributed by atoms with van der Waals surface area (Å²) in [5.74, 6) is -5.98. The second-order valence-corrected chi connectivity index (χ2v) is 21.1. The van der Waals surface area contributed by atoms with Crippen molar-refractivity contribution in [3.8, 4) is 5.75 Å². The first kappa shape index (κ1) is 51.9. The summed E-state index contributed by atoms with van der Waals surface area (Å²) in [6.45, 7) is 20.8. The van der Waals surface area contributed by atoms with E-state index in [1.165, 1.54) is 37.0 Å². The van der Waals surface area contributed by atoms with Crippen LogP contribution in [0.5, 0.6) is 5.75 Å². The Kier molecular flexibility index (Phi) is 16.7. The number of likely N-dealkylation sites (tertiary alicyclic amines) is 1. The molecule has 0 radical (unpaired) electrons. The Hall–Kier alpha value is -4.77. The first-order chi connectivity index (χ1) is 29.6. The van der Waals surface area contributed by atoms with Gasteiger partial charge < -0.3 is 25.0 Å². The molecule has 64 heavy (non-hydrogen) atoms. The number of hydrogen-bond donors (Lipinski definition) is 3. The Balaban J connectivity index is 1.51. The molecular weight excluding hydrogens is 854 g/mol. The van der Waals surface area contributed by atoms with Crippen LogP contribution in [0.1, 0.15) is 135 Å². The first-order valence-electron chi connectivity index (χ1n) is 21.9. The van der Waals surface area contributed by atoms with Crippen molar-refractivity contribution in [2.24, 2.45) is 17.8 Å². The highest BCUT2D eigenvalue weighted by atomic mass is 32.2. The molecule has 1 heterocycles. The van der Waals surface area contributed by atoms with Gasteiger partial charge in [0.1, 0.15) is 17.8 Å². The van der Waals surface area contributed by atoms with Gasteiger partial charge in [0.25, 0.3) is 27.6 Å². The number of alkyl halides is 3. The third kappa shape index (κ3) is 12.7. The van der Waals surface area contributed by atoms with E-state index < -0.39 is 81.6 Å². The fourth-order valence-corrected chi connectivity index (χ4v) is 9.20. The van der Waals surface area contributed by atoms with Gasteiger partial charge in [0.05, 0.1) is 10.9 Å². The zero-order valence-electron chi connectivity index (χ0n) is 38.8. The quantitative estimate of drug-likeness (QED) is 0.0883. The Morgan fingerprint density at radius 3 is 1.92 bits per heavy atom. The number of halogens is 3. The molecule has 2 aromatic carbocycles. The predicted octanol–water partition coefficient (Wildman–Crippen LogP) is 7.36. The number of benzene rings is 2. The molecule has 4 amide bonds. The minimum atomic E-state index is -5.18. The van der Waals surface area contributed by atoms with Gasteiger partial charge in [-0.25, -0.2) is 13.1 Å². The number of nitrogens with one attached hydrogen (secondary N) is 3. The van der Waals surface area contributed by atoms with Gasteiger partial charge in [-0.05, 0) is 103 Å². The number of fused-ring (bicyclic) bond motifs is 1. The zero-order valence-corrected chi connectivity index (χ0v) is 39.6. The Morgan fingerprint density at radius 1 is 0.844 bits per heavy atom. The van der Waals surface area contributed by atoms with Gasteiger partial charge in [-0.2, -0.15) is 13.2 Å². The molecule has 3 N–H and O–H groups in total. The minimum Gasteiger partial charge on any atom is -0.467 e. The highest BCUT2D eigenvalue weighted by Crippen LogP contribution is 2.42. The number of carbonyl (C=O) groups excluding carboxylic acids is 5. The lowest BCUT2D eigenvalue weighted by Crippen LogP contribution is -2.59. The summed E-state index contributed by atoms with van der Waals surface area (Å²) in [5, 5.41) is 5.00. The molecule has 0 aromatic heterocycles. The molecule has 0 bridgehead atoms. The van der Waals surface area contributed by atoms with E-state index >= 15 is 0 Å². The van der Waals surface area contributed by atoms with E-state index in [0.29, 0.717) is 30.8 Å². The van der Waals surface area contributed by atoms with Crippen LogP contribution >= 0.6 is 0 Å². The Morgan fingerprint density at radius 2 is 1.41 bits per heavy atom. The number of carbonyl (C=O) groups is 5. The third-order valence-electron chi connectivity index (χ3n) is 11.7. The summed E-state index contributed by atoms with van der Waals surface area (Å²) in [7, 11) is -4.40. The highest BCUT2D eigenvalue weighted by molar-refractivity contribution is 7.90. The van der Waals surface area contributed by atoms with Crippen LogP contribution < -0.4 is 20.1 Å². The summed E-state index contributed by atoms with van der Waals surface area (Å²) in [5.41, 5.74) is 1.69. The van der Waals surface area contributed by atoms with Crippen molar-refractivity contribution in [3.63, 3.8) is 0 Å². The minimum absolute atomic E-state index is 0.00157. The SMILES string of the molecule is CCOCOc1c(C(C)(C)C)cc(/C=C/C(=O)NS(=O)(=O)c2ccc(C(=O)N[C@H](C(=O)N3[C@H](C(=O)N[C@H](C(=O)C(F)(F)F)C(C)C)C[C@@H]4CCCC[C@@H]43)C(C)C)cc2)cc1C(C)(C)C. The Bertz CT molecular complexity index is 2140. The van der Waals surface area contributed by atoms with E-state index in [4.69, 9.17) is 9.47 Å². The smallest absolute Gasteiger partial charge is 0.452 e. The van der Waals surface area contributed by atoms with Gasteiger partial charge in [0.15, 0.2) is 6.79 Å². The largest absolute Gasteiger partial charge is 0.467 e. The maximum Gasteiger partial charge on any atom is 0.452 e. The van der Waals surface area contributed by atoms with E-state index in [1.54, 1.807) is 13.8 Å². The standard InChI is InChI=1S/C47H65F3N4O9S/c1-12-62-26-63-40-33(45(6,7)8)23-29(24-34(40)46(9,10)11)17-22-37(55)53-64(60,61)32-20-18-30(19-21-32)42(57)52-39(28(4)5)44(59)54-35-16-14-13-15-31(35)25-36(54)43(58)51-38(27(2)3)41(56)47(48,49)50/h17-24,27-28,31,35-36,38-39H,12-16,25-26H2,1-11H3,(H,51,58)(H,52,57)(H,53,55)/b22-17+/t31-,35-,36-,38-,39-/m0/s1. The van der Waals surface area contributed by atoms with Crippen LogP contribution in [0.15, 0.2) is 47.4 Å². The number of nitrogens with zero attached hydrogens (tertiary/aromatic N) is 1. The van der Waals surface area contributed by atoms with Crippen molar-refractivity contribution in [2.45, 2.75) is 154 Å². The summed E-state index contributed by atoms with van der Waals surface area (Å²) < 4.78 is 80.6. The monoisotopic (exact) mass is 918 g/mol. The fourth-order valence-electron chi connectivity index (χ4n) is 8.25. The second-order valence-electron chi connectivity index (χ2n) is 19.4. The molecule has 4 rings (SSSR count). The number of amides is 4. The summed E-state index contributed by atoms with van der Waals surface area (Å²) in [6.07, 6.45) is 0.537. The molecule has 1 aliphatic heterocycles. The lowest BCUT2D eigenvalue weighted by molar-refractivity contribution is -0.175. The van der Waals surface area contributed by atoms with E-state index in [2.05, 4.69) is 10.6 Å². The van der Waals surface area contributed by atoms with Gasteiger partial charge >= 0.3 is 6.18 Å². The topological polar surface area (TPSA) is 177 Å². The lowest BCUT2D eigenvalue weighted by atomic mass is 9.78. The normalized spacial score (nSPS) is 19.3. The van der Waals surface area contributed by atoms with E-state index in [0.717, 1.165) is 42.2 Å². The number of Topliss-reactive ketones (excluding diaryl/α,β-unsaturated/α-hetero) is 1. The second kappa shape index (κ2) is 20.6. The molecule has 17 heteroatoms. The molecule has 2 aliphatic rings. The van der Waals surface area contributed by atoms with Crippen molar-refractivity contribution in [1.82, 2.24) is 20.3 Å². The van der Waals surface area contributed by atoms with Crippen LogP contribution in [0.3, 0.4) is 0 Å². The lowest BCUT2D eigenvalue weighted by Gasteiger charge is -2.37. The molecule has 354 valence electrons. The molecule has 0 unspecified atom stereocenters. The number of ether oxygens (including phenoxy) is 2. The van der Waals surface area contributed by atoms with E-state index in [-0.39, 0.29) is 40.4 Å². The average Bonchev–Trinajstić information content (AvgIpc) is 3.59. The molecular formula is C47H65F3N4O9S. The van der Waals surface area contributed by atoms with Crippen LogP contribution in [0.4, 0.5) is 13.2 Å². The van der Waals surface area contributed by atoms with Gasteiger partial charge in [-0.15, -0.1) is 0 Å². The van der Waals surface area contributed by atoms with E-state index in [9.17, 15) is 45.6 Å². The van der Waals surface area contributed by atoms with Crippen molar-refractivity contribution in [1.29, 1.82) is 0 Å². The van der Waals surface area contributed by atoms with E-state index in [1.807, 2.05) is 65.3 Å². The number of rotatable bonds is 16. The van der Waals surface area contributed by atoms with Crippen molar-refractivity contribution < 1.29 is 55.0 Å². The van der Waals surface area contributed by atoms with Crippen LogP contribution in [-0.2, 0) is 44.8 Å². The predicted molar refractivity (Wildman–Crippen MR) is 237 cm³/mol.